The van der Waals surface area contributed by atoms with Crippen LogP contribution in [-0.2, 0) is 37.9 Å². The Hall–Kier alpha value is -3.94. The summed E-state index contributed by atoms with van der Waals surface area (Å²) < 4.78 is 12.3. The summed E-state index contributed by atoms with van der Waals surface area (Å²) in [5.41, 5.74) is 1.59. The highest BCUT2D eigenvalue weighted by molar-refractivity contribution is 5.92. The summed E-state index contributed by atoms with van der Waals surface area (Å²) in [5.74, 6) is -1.27. The minimum Gasteiger partial charge on any atom is -0.436 e. The van der Waals surface area contributed by atoms with Crippen molar-refractivity contribution in [1.29, 1.82) is 0 Å². The van der Waals surface area contributed by atoms with Gasteiger partial charge in [0.1, 0.15) is 0 Å². The maximum atomic E-state index is 13.0. The lowest BCUT2D eigenvalue weighted by atomic mass is 9.92. The molecule has 35 heavy (non-hydrogen) atoms. The molecule has 0 spiro atoms. The Morgan fingerprint density at radius 3 is 2.23 bits per heavy atom. The molecule has 5 rings (SSSR count). The van der Waals surface area contributed by atoms with Crippen LogP contribution < -0.4 is 4.90 Å². The maximum Gasteiger partial charge on any atom is 0.333 e. The summed E-state index contributed by atoms with van der Waals surface area (Å²) >= 11 is 0. The number of hydrogen-bond donors (Lipinski definition) is 1. The van der Waals surface area contributed by atoms with Crippen LogP contribution in [0.3, 0.4) is 0 Å². The van der Waals surface area contributed by atoms with Gasteiger partial charge in [0.15, 0.2) is 0 Å². The normalized spacial score (nSPS) is 23.5. The molecule has 7 heteroatoms. The predicted octanol–water partition coefficient (Wildman–Crippen LogP) is 3.34. The number of anilines is 1. The Morgan fingerprint density at radius 1 is 0.829 bits per heavy atom. The van der Waals surface area contributed by atoms with E-state index >= 15 is 0 Å². The first-order valence-corrected chi connectivity index (χ1v) is 11.5. The minimum absolute atomic E-state index is 0.191. The van der Waals surface area contributed by atoms with Gasteiger partial charge in [-0.1, -0.05) is 78.9 Å². The maximum absolute atomic E-state index is 13.0. The van der Waals surface area contributed by atoms with Crippen molar-refractivity contribution >= 4 is 17.6 Å². The van der Waals surface area contributed by atoms with Crippen LogP contribution in [0.25, 0.3) is 0 Å². The lowest BCUT2D eigenvalue weighted by Crippen LogP contribution is -2.69. The second kappa shape index (κ2) is 9.74. The summed E-state index contributed by atoms with van der Waals surface area (Å²) in [6, 6.07) is 26.6. The summed E-state index contributed by atoms with van der Waals surface area (Å²) in [4.78, 5) is 29.7. The number of hydrogen-bond acceptors (Lipinski definition) is 7. The zero-order valence-electron chi connectivity index (χ0n) is 19.1. The average Bonchev–Trinajstić information content (AvgIpc) is 2.89. The third-order valence-corrected chi connectivity index (χ3v) is 6.39. The first-order chi connectivity index (χ1) is 17.1. The van der Waals surface area contributed by atoms with Gasteiger partial charge in [-0.2, -0.15) is 0 Å². The summed E-state index contributed by atoms with van der Waals surface area (Å²) in [7, 11) is 0. The Balaban J connectivity index is 1.72. The van der Waals surface area contributed by atoms with E-state index < -0.39 is 23.9 Å². The molecule has 2 aliphatic rings. The standard InChI is InChI=1S/C28H26N2O5/c31-20-22-11-7-8-14-24(22)30-18-17-29(19-21-9-3-1-4-10-21)27-28(30,23-12-5-2-6-13-23)35-26(33)16-15-25(32)34-27/h1-16,27,31H,17-20H2/b16-15+. The number of benzene rings is 3. The second-order valence-electron chi connectivity index (χ2n) is 8.50. The van der Waals surface area contributed by atoms with Crippen molar-refractivity contribution in [2.45, 2.75) is 25.1 Å². The number of nitrogens with zero attached hydrogens (tertiary/aromatic N) is 2. The second-order valence-corrected chi connectivity index (χ2v) is 8.50. The van der Waals surface area contributed by atoms with Crippen molar-refractivity contribution in [3.63, 3.8) is 0 Å². The van der Waals surface area contributed by atoms with Crippen molar-refractivity contribution in [3.8, 4) is 0 Å². The van der Waals surface area contributed by atoms with Gasteiger partial charge in [-0.15, -0.1) is 0 Å². The molecule has 2 aliphatic heterocycles. The largest absolute Gasteiger partial charge is 0.436 e. The fourth-order valence-electron chi connectivity index (χ4n) is 4.85. The topological polar surface area (TPSA) is 79.3 Å². The third-order valence-electron chi connectivity index (χ3n) is 6.39. The van der Waals surface area contributed by atoms with E-state index in [1.54, 1.807) is 0 Å². The molecule has 0 radical (unpaired) electrons. The molecule has 0 aliphatic carbocycles. The van der Waals surface area contributed by atoms with E-state index in [-0.39, 0.29) is 6.61 Å². The van der Waals surface area contributed by atoms with Crippen LogP contribution in [0.15, 0.2) is 97.1 Å². The average molecular weight is 471 g/mol. The van der Waals surface area contributed by atoms with Crippen molar-refractivity contribution < 1.29 is 24.2 Å². The fraction of sp³-hybridized carbons (Fsp3) is 0.214. The van der Waals surface area contributed by atoms with E-state index in [2.05, 4.69) is 0 Å². The molecule has 1 N–H and O–H groups in total. The number of ether oxygens (including phenoxy) is 2. The predicted molar refractivity (Wildman–Crippen MR) is 130 cm³/mol. The van der Waals surface area contributed by atoms with Crippen LogP contribution >= 0.6 is 0 Å². The van der Waals surface area contributed by atoms with E-state index in [4.69, 9.17) is 9.47 Å². The van der Waals surface area contributed by atoms with Gasteiger partial charge < -0.3 is 19.5 Å². The van der Waals surface area contributed by atoms with Crippen LogP contribution in [0.1, 0.15) is 16.7 Å². The molecule has 0 saturated carbocycles. The third kappa shape index (κ3) is 4.32. The Kier molecular flexibility index (Phi) is 6.35. The van der Waals surface area contributed by atoms with Crippen molar-refractivity contribution in [1.82, 2.24) is 4.90 Å². The SMILES string of the molecule is O=C1/C=C/C(=O)OC2(c3ccccc3)C(O1)N(Cc1ccccc1)CCN2c1ccccc1CO. The zero-order valence-corrected chi connectivity index (χ0v) is 19.1. The van der Waals surface area contributed by atoms with E-state index in [1.807, 2.05) is 94.7 Å². The number of piperazine rings is 1. The molecule has 3 aromatic rings. The number of carbonyl (C=O) groups excluding carboxylic acids is 2. The molecule has 0 amide bonds. The number of aliphatic hydroxyl groups excluding tert-OH is 1. The number of carbonyl (C=O) groups is 2. The molecule has 1 fully saturated rings. The molecular formula is C28H26N2O5. The molecule has 0 bridgehead atoms. The molecule has 2 unspecified atom stereocenters. The Morgan fingerprint density at radius 2 is 1.49 bits per heavy atom. The van der Waals surface area contributed by atoms with Gasteiger partial charge in [0, 0.05) is 48.6 Å². The number of esters is 2. The van der Waals surface area contributed by atoms with E-state index in [9.17, 15) is 14.7 Å². The molecule has 1 saturated heterocycles. The first-order valence-electron chi connectivity index (χ1n) is 11.5. The van der Waals surface area contributed by atoms with Crippen molar-refractivity contribution in [2.24, 2.45) is 0 Å². The van der Waals surface area contributed by atoms with Crippen LogP contribution in [0.5, 0.6) is 0 Å². The van der Waals surface area contributed by atoms with Gasteiger partial charge in [-0.25, -0.2) is 9.59 Å². The van der Waals surface area contributed by atoms with Crippen LogP contribution in [-0.4, -0.2) is 41.3 Å². The molecule has 3 aromatic carbocycles. The van der Waals surface area contributed by atoms with E-state index in [0.717, 1.165) is 17.7 Å². The summed E-state index contributed by atoms with van der Waals surface area (Å²) in [5, 5.41) is 10.1. The minimum atomic E-state index is -1.49. The van der Waals surface area contributed by atoms with Crippen molar-refractivity contribution in [3.05, 3.63) is 114 Å². The molecule has 7 nitrogen and oxygen atoms in total. The molecule has 2 atom stereocenters. The quantitative estimate of drug-likeness (QED) is 0.573. The highest BCUT2D eigenvalue weighted by atomic mass is 16.6. The van der Waals surface area contributed by atoms with Gasteiger partial charge >= 0.3 is 11.9 Å². The Labute approximate surface area is 203 Å². The molecule has 0 aromatic heterocycles. The molecule has 2 heterocycles. The number of aliphatic hydroxyl groups is 1. The molecule has 178 valence electrons. The van der Waals surface area contributed by atoms with Crippen LogP contribution in [0.2, 0.25) is 0 Å². The highest BCUT2D eigenvalue weighted by Crippen LogP contribution is 2.44. The summed E-state index contributed by atoms with van der Waals surface area (Å²) in [6.07, 6.45) is 1.24. The first kappa shape index (κ1) is 22.8. The van der Waals surface area contributed by atoms with Gasteiger partial charge in [-0.3, -0.25) is 4.90 Å². The van der Waals surface area contributed by atoms with Gasteiger partial charge in [0.05, 0.1) is 6.61 Å². The number of rotatable bonds is 5. The summed E-state index contributed by atoms with van der Waals surface area (Å²) in [6.45, 7) is 1.29. The molecular weight excluding hydrogens is 444 g/mol. The van der Waals surface area contributed by atoms with E-state index in [0.29, 0.717) is 36.4 Å². The lowest BCUT2D eigenvalue weighted by molar-refractivity contribution is -0.221. The monoisotopic (exact) mass is 470 g/mol. The van der Waals surface area contributed by atoms with Gasteiger partial charge in [-0.05, 0) is 11.6 Å². The smallest absolute Gasteiger partial charge is 0.333 e. The van der Waals surface area contributed by atoms with Gasteiger partial charge in [0.2, 0.25) is 6.23 Å². The highest BCUT2D eigenvalue weighted by Gasteiger charge is 2.57. The number of fused-ring (bicyclic) bond motifs is 1. The number of para-hydroxylation sites is 1. The van der Waals surface area contributed by atoms with Crippen molar-refractivity contribution in [2.75, 3.05) is 18.0 Å². The van der Waals surface area contributed by atoms with Crippen LogP contribution in [0, 0.1) is 0 Å². The van der Waals surface area contributed by atoms with E-state index in [1.165, 1.54) is 0 Å². The lowest BCUT2D eigenvalue weighted by Gasteiger charge is -2.55. The zero-order chi connectivity index (χ0) is 24.3. The van der Waals surface area contributed by atoms with Gasteiger partial charge in [0.25, 0.3) is 5.72 Å². The van der Waals surface area contributed by atoms with Crippen LogP contribution in [0.4, 0.5) is 5.69 Å². The Bertz CT molecular complexity index is 1230. The fourth-order valence-corrected chi connectivity index (χ4v) is 4.85.